The Balaban J connectivity index is 3.24. The van der Waals surface area contributed by atoms with Crippen LogP contribution in [-0.2, 0) is 9.53 Å². The molecule has 0 fully saturated rings. The van der Waals surface area contributed by atoms with Crippen LogP contribution in [0.5, 0.6) is 11.5 Å². The Morgan fingerprint density at radius 2 is 2.07 bits per heavy atom. The van der Waals surface area contributed by atoms with E-state index in [2.05, 4.69) is 4.74 Å². The molecule has 1 rings (SSSR count). The van der Waals surface area contributed by atoms with Gasteiger partial charge in [-0.15, -0.1) is 0 Å². The van der Waals surface area contributed by atoms with Crippen LogP contribution < -0.4 is 0 Å². The van der Waals surface area contributed by atoms with Crippen LogP contribution in [0.15, 0.2) is 12.1 Å². The first-order valence-electron chi connectivity index (χ1n) is 3.95. The Labute approximate surface area is 84.3 Å². The van der Waals surface area contributed by atoms with E-state index in [-0.39, 0.29) is 0 Å². The van der Waals surface area contributed by atoms with Gasteiger partial charge in [0, 0.05) is 0 Å². The molecule has 1 aromatic carbocycles. The molecule has 0 aliphatic carbocycles. The van der Waals surface area contributed by atoms with Crippen molar-refractivity contribution in [3.05, 3.63) is 23.5 Å². The van der Waals surface area contributed by atoms with E-state index in [0.29, 0.717) is 0 Å². The molecule has 1 aromatic rings. The highest BCUT2D eigenvalue weighted by Crippen LogP contribution is 2.35. The van der Waals surface area contributed by atoms with Crippen molar-refractivity contribution in [1.29, 1.82) is 0 Å². The maximum Gasteiger partial charge on any atom is 0.339 e. The Bertz CT molecular complexity index is 390. The largest absolute Gasteiger partial charge is 0.504 e. The maximum absolute atomic E-state index is 13.1. The number of methoxy groups -OCH3 is 1. The summed E-state index contributed by atoms with van der Waals surface area (Å²) in [6, 6.07) is 1.72. The van der Waals surface area contributed by atoms with Gasteiger partial charge in [0.05, 0.1) is 12.7 Å². The highest BCUT2D eigenvalue weighted by molar-refractivity contribution is 5.77. The summed E-state index contributed by atoms with van der Waals surface area (Å²) < 4.78 is 17.3. The van der Waals surface area contributed by atoms with Gasteiger partial charge in [0.15, 0.2) is 17.6 Å². The van der Waals surface area contributed by atoms with Gasteiger partial charge in [-0.05, 0) is 12.1 Å². The van der Waals surface area contributed by atoms with Crippen LogP contribution in [-0.4, -0.2) is 28.4 Å². The lowest BCUT2D eigenvalue weighted by atomic mass is 10.1. The van der Waals surface area contributed by atoms with E-state index >= 15 is 0 Å². The normalized spacial score (nSPS) is 12.2. The number of ether oxygens (including phenoxy) is 1. The Morgan fingerprint density at radius 1 is 1.47 bits per heavy atom. The fraction of sp³-hybridized carbons (Fsp3) is 0.222. The maximum atomic E-state index is 13.1. The number of esters is 1. The molecule has 0 heterocycles. The van der Waals surface area contributed by atoms with Crippen molar-refractivity contribution in [1.82, 2.24) is 0 Å². The minimum absolute atomic E-state index is 0.630. The van der Waals surface area contributed by atoms with Crippen LogP contribution >= 0.6 is 0 Å². The molecule has 0 aliphatic rings. The highest BCUT2D eigenvalue weighted by atomic mass is 19.1. The van der Waals surface area contributed by atoms with Crippen LogP contribution in [0.25, 0.3) is 0 Å². The number of aromatic hydroxyl groups is 2. The van der Waals surface area contributed by atoms with Crippen molar-refractivity contribution in [3.8, 4) is 11.5 Å². The Hall–Kier alpha value is -1.82. The molecule has 0 saturated heterocycles. The lowest BCUT2D eigenvalue weighted by Gasteiger charge is -2.11. The fourth-order valence-electron chi connectivity index (χ4n) is 1.06. The van der Waals surface area contributed by atoms with E-state index in [4.69, 9.17) is 5.11 Å². The van der Waals surface area contributed by atoms with Crippen molar-refractivity contribution in [3.63, 3.8) is 0 Å². The van der Waals surface area contributed by atoms with E-state index < -0.39 is 35.0 Å². The molecule has 1 unspecified atom stereocenters. The molecule has 0 aromatic heterocycles. The molecular formula is C9H9FO5. The van der Waals surface area contributed by atoms with Gasteiger partial charge < -0.3 is 20.1 Å². The monoisotopic (exact) mass is 216 g/mol. The van der Waals surface area contributed by atoms with E-state index in [1.165, 1.54) is 0 Å². The number of phenolic OH excluding ortho intramolecular Hbond substituents is 2. The van der Waals surface area contributed by atoms with Crippen molar-refractivity contribution < 1.29 is 29.2 Å². The summed E-state index contributed by atoms with van der Waals surface area (Å²) in [7, 11) is 1.00. The van der Waals surface area contributed by atoms with E-state index in [0.717, 1.165) is 19.2 Å². The van der Waals surface area contributed by atoms with Gasteiger partial charge >= 0.3 is 5.97 Å². The fourth-order valence-corrected chi connectivity index (χ4v) is 1.06. The lowest BCUT2D eigenvalue weighted by molar-refractivity contribution is -0.151. The summed E-state index contributed by atoms with van der Waals surface area (Å²) >= 11 is 0. The molecule has 0 saturated carbocycles. The van der Waals surface area contributed by atoms with E-state index in [9.17, 15) is 19.4 Å². The summed E-state index contributed by atoms with van der Waals surface area (Å²) in [6.07, 6.45) is -1.97. The number of rotatable bonds is 2. The first-order chi connectivity index (χ1) is 6.99. The van der Waals surface area contributed by atoms with Crippen LogP contribution in [0, 0.1) is 5.82 Å². The Kier molecular flexibility index (Phi) is 3.11. The summed E-state index contributed by atoms with van der Waals surface area (Å²) in [5.41, 5.74) is -0.707. The van der Waals surface area contributed by atoms with Crippen LogP contribution in [0.1, 0.15) is 11.7 Å². The highest BCUT2D eigenvalue weighted by Gasteiger charge is 2.26. The summed E-state index contributed by atoms with van der Waals surface area (Å²) in [4.78, 5) is 10.9. The van der Waals surface area contributed by atoms with Gasteiger partial charge in [-0.25, -0.2) is 9.18 Å². The zero-order chi connectivity index (χ0) is 11.6. The number of carbonyl (C=O) groups is 1. The van der Waals surface area contributed by atoms with Crippen LogP contribution in [0.3, 0.4) is 0 Å². The molecule has 5 nitrogen and oxygen atoms in total. The minimum Gasteiger partial charge on any atom is -0.504 e. The molecular weight excluding hydrogens is 207 g/mol. The van der Waals surface area contributed by atoms with Gasteiger partial charge in [0.25, 0.3) is 0 Å². The SMILES string of the molecule is COC(=O)C(O)c1c(F)ccc(O)c1O. The first-order valence-corrected chi connectivity index (χ1v) is 3.95. The van der Waals surface area contributed by atoms with Gasteiger partial charge in [-0.3, -0.25) is 0 Å². The lowest BCUT2D eigenvalue weighted by Crippen LogP contribution is -2.15. The van der Waals surface area contributed by atoms with Gasteiger partial charge in [-0.1, -0.05) is 0 Å². The third-order valence-corrected chi connectivity index (χ3v) is 1.84. The molecule has 0 amide bonds. The molecule has 15 heavy (non-hydrogen) atoms. The molecule has 82 valence electrons. The topological polar surface area (TPSA) is 87.0 Å². The molecule has 3 N–H and O–H groups in total. The Morgan fingerprint density at radius 3 is 2.60 bits per heavy atom. The molecule has 0 bridgehead atoms. The van der Waals surface area contributed by atoms with Crippen molar-refractivity contribution in [2.24, 2.45) is 0 Å². The third-order valence-electron chi connectivity index (χ3n) is 1.84. The first kappa shape index (κ1) is 11.3. The van der Waals surface area contributed by atoms with Crippen molar-refractivity contribution in [2.45, 2.75) is 6.10 Å². The second-order valence-corrected chi connectivity index (χ2v) is 2.75. The predicted octanol–water partition coefficient (Wildman–Crippen LogP) is 0.443. The summed E-state index contributed by atoms with van der Waals surface area (Å²) in [5, 5.41) is 27.6. The zero-order valence-electron chi connectivity index (χ0n) is 7.77. The quantitative estimate of drug-likeness (QED) is 0.493. The number of aliphatic hydroxyl groups excluding tert-OH is 1. The second-order valence-electron chi connectivity index (χ2n) is 2.75. The van der Waals surface area contributed by atoms with Crippen molar-refractivity contribution >= 4 is 5.97 Å². The smallest absolute Gasteiger partial charge is 0.339 e. The third kappa shape index (κ3) is 1.99. The number of carbonyl (C=O) groups excluding carboxylic acids is 1. The minimum atomic E-state index is -1.97. The van der Waals surface area contributed by atoms with Crippen molar-refractivity contribution in [2.75, 3.05) is 7.11 Å². The second kappa shape index (κ2) is 4.14. The predicted molar refractivity (Wildman–Crippen MR) is 46.7 cm³/mol. The number of hydrogen-bond acceptors (Lipinski definition) is 5. The standard InChI is InChI=1S/C9H9FO5/c1-15-9(14)8(13)6-4(10)2-3-5(11)7(6)12/h2-3,8,11-13H,1H3. The number of benzene rings is 1. The summed E-state index contributed by atoms with van der Waals surface area (Å²) in [6.45, 7) is 0. The van der Waals surface area contributed by atoms with Crippen LogP contribution in [0.2, 0.25) is 0 Å². The molecule has 0 radical (unpaired) electrons. The van der Waals surface area contributed by atoms with Gasteiger partial charge in [0.1, 0.15) is 5.82 Å². The number of aliphatic hydroxyl groups is 1. The molecule has 0 spiro atoms. The van der Waals surface area contributed by atoms with E-state index in [1.807, 2.05) is 0 Å². The number of phenols is 2. The molecule has 0 aliphatic heterocycles. The average molecular weight is 216 g/mol. The number of halogens is 1. The number of hydrogen-bond donors (Lipinski definition) is 3. The molecule has 6 heteroatoms. The average Bonchev–Trinajstić information content (AvgIpc) is 2.22. The zero-order valence-corrected chi connectivity index (χ0v) is 7.77. The van der Waals surface area contributed by atoms with Gasteiger partial charge in [0.2, 0.25) is 0 Å². The van der Waals surface area contributed by atoms with Gasteiger partial charge in [-0.2, -0.15) is 0 Å². The van der Waals surface area contributed by atoms with E-state index in [1.54, 1.807) is 0 Å². The van der Waals surface area contributed by atoms with Crippen LogP contribution in [0.4, 0.5) is 4.39 Å². The molecule has 1 atom stereocenters. The summed E-state index contributed by atoms with van der Waals surface area (Å²) in [5.74, 6) is -3.65.